The molecule has 0 amide bonds. The highest BCUT2D eigenvalue weighted by molar-refractivity contribution is 5.26. The van der Waals surface area contributed by atoms with Crippen LogP contribution in [0.15, 0.2) is 11.6 Å². The van der Waals surface area contributed by atoms with E-state index in [0.29, 0.717) is 17.9 Å². The molecule has 6 atom stereocenters. The Labute approximate surface area is 128 Å². The van der Waals surface area contributed by atoms with Crippen molar-refractivity contribution >= 4 is 0 Å². The van der Waals surface area contributed by atoms with Gasteiger partial charge < -0.3 is 10.2 Å². The standard InChI is InChI=1S/C19H30O2/c1-18-8-2-3-16(18)15-5-4-13-11-14(21)6-10-19(13,12-20)17(15)7-9-18/h4,14-17,20-21H,2-3,5-12H2,1H3/t14-,15-,16-,17-,18-,19+/m0/s1. The topological polar surface area (TPSA) is 40.5 Å². The van der Waals surface area contributed by atoms with Crippen molar-refractivity contribution in [2.45, 2.75) is 70.8 Å². The molecule has 0 heterocycles. The van der Waals surface area contributed by atoms with Crippen LogP contribution in [0.4, 0.5) is 0 Å². The highest BCUT2D eigenvalue weighted by Gasteiger charge is 2.57. The summed E-state index contributed by atoms with van der Waals surface area (Å²) in [6.45, 7) is 2.83. The minimum absolute atomic E-state index is 0.0199. The van der Waals surface area contributed by atoms with Crippen LogP contribution >= 0.6 is 0 Å². The second kappa shape index (κ2) is 4.83. The van der Waals surface area contributed by atoms with Crippen LogP contribution in [0, 0.1) is 28.6 Å². The van der Waals surface area contributed by atoms with E-state index in [1.54, 1.807) is 0 Å². The van der Waals surface area contributed by atoms with Gasteiger partial charge >= 0.3 is 0 Å². The van der Waals surface area contributed by atoms with Gasteiger partial charge in [-0.3, -0.25) is 0 Å². The third kappa shape index (κ3) is 1.91. The summed E-state index contributed by atoms with van der Waals surface area (Å²) in [5, 5.41) is 20.3. The highest BCUT2D eigenvalue weighted by Crippen LogP contribution is 2.64. The van der Waals surface area contributed by atoms with Crippen LogP contribution in [0.25, 0.3) is 0 Å². The van der Waals surface area contributed by atoms with Crippen LogP contribution in [0.3, 0.4) is 0 Å². The van der Waals surface area contributed by atoms with Crippen LogP contribution in [-0.4, -0.2) is 22.9 Å². The number of hydrogen-bond acceptors (Lipinski definition) is 2. The lowest BCUT2D eigenvalue weighted by Crippen LogP contribution is -2.52. The van der Waals surface area contributed by atoms with Crippen LogP contribution < -0.4 is 0 Å². The average molecular weight is 290 g/mol. The molecule has 4 aliphatic carbocycles. The van der Waals surface area contributed by atoms with Gasteiger partial charge in [0.25, 0.3) is 0 Å². The molecule has 4 aliphatic rings. The molecule has 0 unspecified atom stereocenters. The van der Waals surface area contributed by atoms with Gasteiger partial charge in [0.2, 0.25) is 0 Å². The Bertz CT molecular complexity index is 456. The molecule has 0 radical (unpaired) electrons. The molecule has 2 nitrogen and oxygen atoms in total. The van der Waals surface area contributed by atoms with Gasteiger partial charge in [-0.1, -0.05) is 25.0 Å². The molecule has 0 aromatic carbocycles. The summed E-state index contributed by atoms with van der Waals surface area (Å²) in [5.74, 6) is 2.34. The summed E-state index contributed by atoms with van der Waals surface area (Å²) >= 11 is 0. The van der Waals surface area contributed by atoms with Crippen molar-refractivity contribution in [3.05, 3.63) is 11.6 Å². The molecule has 2 heteroatoms. The fraction of sp³-hybridized carbons (Fsp3) is 0.895. The van der Waals surface area contributed by atoms with E-state index in [4.69, 9.17) is 0 Å². The van der Waals surface area contributed by atoms with Crippen molar-refractivity contribution in [1.82, 2.24) is 0 Å². The fourth-order valence-corrected chi connectivity index (χ4v) is 6.73. The second-order valence-corrected chi connectivity index (χ2v) is 8.64. The van der Waals surface area contributed by atoms with Crippen molar-refractivity contribution in [2.75, 3.05) is 6.61 Å². The lowest BCUT2D eigenvalue weighted by molar-refractivity contribution is -0.0648. The smallest absolute Gasteiger partial charge is 0.0577 e. The Balaban J connectivity index is 1.70. The summed E-state index contributed by atoms with van der Waals surface area (Å²) in [6.07, 6.45) is 13.0. The molecule has 0 aliphatic heterocycles. The van der Waals surface area contributed by atoms with Gasteiger partial charge in [-0.05, 0) is 74.5 Å². The zero-order valence-electron chi connectivity index (χ0n) is 13.4. The van der Waals surface area contributed by atoms with Crippen molar-refractivity contribution in [3.8, 4) is 0 Å². The van der Waals surface area contributed by atoms with E-state index >= 15 is 0 Å². The van der Waals surface area contributed by atoms with Crippen LogP contribution in [0.5, 0.6) is 0 Å². The average Bonchev–Trinajstić information content (AvgIpc) is 2.88. The maximum Gasteiger partial charge on any atom is 0.0577 e. The molecular formula is C19H30O2. The Kier molecular flexibility index (Phi) is 3.28. The zero-order chi connectivity index (χ0) is 14.7. The number of aliphatic hydroxyl groups excluding tert-OH is 2. The predicted molar refractivity (Wildman–Crippen MR) is 83.7 cm³/mol. The third-order valence-electron chi connectivity index (χ3n) is 7.87. The number of aliphatic hydroxyl groups is 2. The Hall–Kier alpha value is -0.340. The molecule has 118 valence electrons. The Morgan fingerprint density at radius 3 is 2.81 bits per heavy atom. The second-order valence-electron chi connectivity index (χ2n) is 8.64. The molecule has 0 saturated heterocycles. The van der Waals surface area contributed by atoms with Gasteiger partial charge in [0, 0.05) is 5.41 Å². The van der Waals surface area contributed by atoms with E-state index in [2.05, 4.69) is 13.0 Å². The first-order chi connectivity index (χ1) is 10.1. The van der Waals surface area contributed by atoms with Gasteiger partial charge in [0.15, 0.2) is 0 Å². The Morgan fingerprint density at radius 2 is 2.00 bits per heavy atom. The third-order valence-corrected chi connectivity index (χ3v) is 7.87. The van der Waals surface area contributed by atoms with E-state index in [-0.39, 0.29) is 11.5 Å². The summed E-state index contributed by atoms with van der Waals surface area (Å²) < 4.78 is 0. The van der Waals surface area contributed by atoms with Gasteiger partial charge in [-0.15, -0.1) is 0 Å². The fourth-order valence-electron chi connectivity index (χ4n) is 6.73. The van der Waals surface area contributed by atoms with Crippen molar-refractivity contribution in [2.24, 2.45) is 28.6 Å². The summed E-state index contributed by atoms with van der Waals surface area (Å²) in [5.41, 5.74) is 2.00. The minimum atomic E-state index is -0.173. The van der Waals surface area contributed by atoms with Crippen LogP contribution in [-0.2, 0) is 0 Å². The largest absolute Gasteiger partial charge is 0.395 e. The maximum atomic E-state index is 10.3. The van der Waals surface area contributed by atoms with E-state index in [1.165, 1.54) is 44.1 Å². The number of rotatable bonds is 1. The molecule has 0 aromatic rings. The normalized spacial score (nSPS) is 52.6. The first-order valence-electron chi connectivity index (χ1n) is 9.07. The molecule has 4 rings (SSSR count). The summed E-state index contributed by atoms with van der Waals surface area (Å²) in [6, 6.07) is 0. The molecule has 2 N–H and O–H groups in total. The number of allylic oxidation sites excluding steroid dienone is 1. The van der Waals surface area contributed by atoms with Gasteiger partial charge in [-0.25, -0.2) is 0 Å². The number of hydrogen-bond donors (Lipinski definition) is 2. The maximum absolute atomic E-state index is 10.3. The van der Waals surface area contributed by atoms with E-state index in [1.807, 2.05) is 0 Å². The summed E-state index contributed by atoms with van der Waals surface area (Å²) in [7, 11) is 0. The molecule has 3 fully saturated rings. The van der Waals surface area contributed by atoms with Crippen LogP contribution in [0.2, 0.25) is 0 Å². The first-order valence-corrected chi connectivity index (χ1v) is 9.07. The van der Waals surface area contributed by atoms with Crippen molar-refractivity contribution in [3.63, 3.8) is 0 Å². The van der Waals surface area contributed by atoms with Crippen molar-refractivity contribution < 1.29 is 10.2 Å². The SMILES string of the molecule is C[C@@]12CCC[C@H]1[C@@H]1CC=C3C[C@@H](O)CC[C@]3(CO)[C@H]1CC2. The molecular weight excluding hydrogens is 260 g/mol. The molecule has 0 aromatic heterocycles. The Morgan fingerprint density at radius 1 is 1.14 bits per heavy atom. The number of fused-ring (bicyclic) bond motifs is 5. The van der Waals surface area contributed by atoms with Gasteiger partial charge in [0.05, 0.1) is 12.7 Å². The lowest BCUT2D eigenvalue weighted by Gasteiger charge is -2.57. The minimum Gasteiger partial charge on any atom is -0.395 e. The van der Waals surface area contributed by atoms with Crippen LogP contribution in [0.1, 0.15) is 64.7 Å². The van der Waals surface area contributed by atoms with E-state index in [9.17, 15) is 10.2 Å². The van der Waals surface area contributed by atoms with E-state index < -0.39 is 0 Å². The summed E-state index contributed by atoms with van der Waals surface area (Å²) in [4.78, 5) is 0. The monoisotopic (exact) mass is 290 g/mol. The molecule has 0 bridgehead atoms. The van der Waals surface area contributed by atoms with Crippen molar-refractivity contribution in [1.29, 1.82) is 0 Å². The van der Waals surface area contributed by atoms with Gasteiger partial charge in [-0.2, -0.15) is 0 Å². The first kappa shape index (κ1) is 14.3. The lowest BCUT2D eigenvalue weighted by atomic mass is 9.48. The molecule has 0 spiro atoms. The molecule has 21 heavy (non-hydrogen) atoms. The predicted octanol–water partition coefficient (Wildman–Crippen LogP) is 3.67. The zero-order valence-corrected chi connectivity index (χ0v) is 13.4. The molecule has 3 saturated carbocycles. The van der Waals surface area contributed by atoms with Gasteiger partial charge in [0.1, 0.15) is 0 Å². The quantitative estimate of drug-likeness (QED) is 0.723. The van der Waals surface area contributed by atoms with E-state index in [0.717, 1.165) is 31.1 Å². The highest BCUT2D eigenvalue weighted by atomic mass is 16.3.